The number of hydrogen-bond acceptors (Lipinski definition) is 5. The molecule has 4 nitrogen and oxygen atoms in total. The van der Waals surface area contributed by atoms with Crippen molar-refractivity contribution in [1.82, 2.24) is 4.90 Å². The van der Waals surface area contributed by atoms with Gasteiger partial charge >= 0.3 is 12.4 Å². The number of aryl methyl sites for hydroxylation is 1. The molecule has 1 aromatic carbocycles. The number of rotatable bonds is 3. The molecule has 0 aromatic heterocycles. The van der Waals surface area contributed by atoms with Crippen molar-refractivity contribution in [2.45, 2.75) is 43.6 Å². The molecule has 13 heteroatoms. The predicted molar refractivity (Wildman–Crippen MR) is 98.1 cm³/mol. The fourth-order valence-electron chi connectivity index (χ4n) is 1.99. The number of carbonyl (C=O) groups excluding carboxylic acids is 1. The number of alkyl halides is 6. The highest BCUT2D eigenvalue weighted by Gasteiger charge is 2.38. The van der Waals surface area contributed by atoms with Crippen molar-refractivity contribution in [2.24, 2.45) is 4.99 Å². The molecule has 0 saturated carbocycles. The number of aliphatic hydroxyl groups is 1. The minimum atomic E-state index is -4.54. The number of amidine groups is 1. The molecule has 0 radical (unpaired) electrons. The van der Waals surface area contributed by atoms with Gasteiger partial charge in [-0.25, -0.2) is 9.38 Å². The zero-order valence-electron chi connectivity index (χ0n) is 15.1. The first-order chi connectivity index (χ1) is 13.1. The molecule has 2 rings (SSSR count). The first-order valence-corrected chi connectivity index (χ1v) is 9.35. The van der Waals surface area contributed by atoms with Gasteiger partial charge in [-0.15, -0.1) is 12.6 Å². The van der Waals surface area contributed by atoms with E-state index < -0.39 is 43.1 Å². The lowest BCUT2D eigenvalue weighted by Gasteiger charge is -2.17. The average Bonchev–Trinajstić information content (AvgIpc) is 2.82. The number of hydrogen-bond donors (Lipinski definition) is 2. The standard InChI is InChI=1S/C12H10F4N2OS2.C4H7F3O/c1-6-2-7(13)8(3-9(6)20)17-11-18(5-12(14,15)16)10(19)4-21-11;1-3(8)2-4(5,6)7/h2-3,20H,4-5H2,1H3;3,8H,2H2,1H3/t;3-/m.0/s1. The van der Waals surface area contributed by atoms with E-state index in [1.807, 2.05) is 0 Å². The number of aliphatic imine (C=N–C) groups is 1. The van der Waals surface area contributed by atoms with Crippen molar-refractivity contribution in [3.63, 3.8) is 0 Å². The van der Waals surface area contributed by atoms with E-state index in [-0.39, 0.29) is 16.6 Å². The summed E-state index contributed by atoms with van der Waals surface area (Å²) in [5.74, 6) is -1.52. The molecule has 0 aliphatic carbocycles. The van der Waals surface area contributed by atoms with Gasteiger partial charge < -0.3 is 5.11 Å². The quantitative estimate of drug-likeness (QED) is 0.494. The van der Waals surface area contributed by atoms with E-state index in [2.05, 4.69) is 17.6 Å². The summed E-state index contributed by atoms with van der Waals surface area (Å²) >= 11 is 4.96. The lowest BCUT2D eigenvalue weighted by Crippen LogP contribution is -2.38. The topological polar surface area (TPSA) is 52.9 Å². The summed E-state index contributed by atoms with van der Waals surface area (Å²) in [6.45, 7) is 1.32. The highest BCUT2D eigenvalue weighted by Crippen LogP contribution is 2.30. The summed E-state index contributed by atoms with van der Waals surface area (Å²) in [6, 6.07) is 2.51. The Kier molecular flexibility index (Phi) is 8.84. The van der Waals surface area contributed by atoms with E-state index >= 15 is 0 Å². The lowest BCUT2D eigenvalue weighted by atomic mass is 10.2. The van der Waals surface area contributed by atoms with Gasteiger partial charge in [-0.2, -0.15) is 26.3 Å². The monoisotopic (exact) mass is 466 g/mol. The second-order valence-corrected chi connectivity index (χ2v) is 7.46. The van der Waals surface area contributed by atoms with Crippen LogP contribution in [0.1, 0.15) is 18.9 Å². The van der Waals surface area contributed by atoms with Gasteiger partial charge in [0.1, 0.15) is 18.0 Å². The second kappa shape index (κ2) is 10.0. The SMILES string of the molecule is C[C@H](O)CC(F)(F)F.Cc1cc(F)c(N=C2SCC(=O)N2CC(F)(F)F)cc1S. The summed E-state index contributed by atoms with van der Waals surface area (Å²) in [6.07, 6.45) is -11.2. The Bertz CT molecular complexity index is 765. The van der Waals surface area contributed by atoms with Crippen LogP contribution in [0.4, 0.5) is 36.4 Å². The lowest BCUT2D eigenvalue weighted by molar-refractivity contribution is -0.151. The summed E-state index contributed by atoms with van der Waals surface area (Å²) in [7, 11) is 0. The third-order valence-corrected chi connectivity index (χ3v) is 4.65. The van der Waals surface area contributed by atoms with Gasteiger partial charge in [-0.3, -0.25) is 9.69 Å². The minimum Gasteiger partial charge on any atom is -0.393 e. The summed E-state index contributed by atoms with van der Waals surface area (Å²) in [5.41, 5.74) is 0.442. The van der Waals surface area contributed by atoms with E-state index in [9.17, 15) is 35.5 Å². The highest BCUT2D eigenvalue weighted by atomic mass is 32.2. The molecule has 1 aliphatic heterocycles. The van der Waals surface area contributed by atoms with Crippen LogP contribution in [0.3, 0.4) is 0 Å². The zero-order chi connectivity index (χ0) is 22.6. The molecule has 1 aliphatic rings. The molecule has 1 aromatic rings. The molecule has 0 unspecified atom stereocenters. The maximum atomic E-state index is 13.8. The maximum absolute atomic E-state index is 13.8. The van der Waals surface area contributed by atoms with Crippen molar-refractivity contribution >= 4 is 41.2 Å². The van der Waals surface area contributed by atoms with Crippen LogP contribution in [-0.2, 0) is 4.79 Å². The normalized spacial score (nSPS) is 17.4. The number of aliphatic hydroxyl groups excluding tert-OH is 1. The van der Waals surface area contributed by atoms with Crippen molar-refractivity contribution in [3.05, 3.63) is 23.5 Å². The second-order valence-electron chi connectivity index (χ2n) is 6.04. The molecule has 1 amide bonds. The number of benzene rings is 1. The van der Waals surface area contributed by atoms with Crippen molar-refractivity contribution < 1.29 is 40.6 Å². The fraction of sp³-hybridized carbons (Fsp3) is 0.500. The van der Waals surface area contributed by atoms with Gasteiger partial charge in [0.25, 0.3) is 0 Å². The Morgan fingerprint density at radius 2 is 1.83 bits per heavy atom. The Balaban J connectivity index is 0.000000447. The molecule has 0 bridgehead atoms. The zero-order valence-corrected chi connectivity index (χ0v) is 16.8. The fourth-order valence-corrected chi connectivity index (χ4v) is 3.07. The van der Waals surface area contributed by atoms with Crippen LogP contribution >= 0.6 is 24.4 Å². The largest absolute Gasteiger partial charge is 0.406 e. The van der Waals surface area contributed by atoms with Crippen LogP contribution in [0.2, 0.25) is 0 Å². The number of halogens is 7. The van der Waals surface area contributed by atoms with Crippen molar-refractivity contribution in [2.75, 3.05) is 12.3 Å². The Labute approximate surface area is 171 Å². The highest BCUT2D eigenvalue weighted by molar-refractivity contribution is 8.15. The van der Waals surface area contributed by atoms with Gasteiger partial charge in [0.15, 0.2) is 5.17 Å². The smallest absolute Gasteiger partial charge is 0.393 e. The van der Waals surface area contributed by atoms with Gasteiger partial charge in [-0.1, -0.05) is 11.8 Å². The number of carbonyl (C=O) groups is 1. The number of amides is 1. The first kappa shape index (κ1) is 25.6. The summed E-state index contributed by atoms with van der Waals surface area (Å²) < 4.78 is 84.5. The van der Waals surface area contributed by atoms with Crippen LogP contribution in [-0.4, -0.2) is 51.8 Å². The third-order valence-electron chi connectivity index (χ3n) is 3.20. The molecule has 1 atom stereocenters. The molecule has 0 spiro atoms. The van der Waals surface area contributed by atoms with Crippen LogP contribution in [0.15, 0.2) is 22.0 Å². The predicted octanol–water partition coefficient (Wildman–Crippen LogP) is 4.87. The molecule has 29 heavy (non-hydrogen) atoms. The van der Waals surface area contributed by atoms with E-state index in [0.29, 0.717) is 15.4 Å². The van der Waals surface area contributed by atoms with Gasteiger partial charge in [0, 0.05) is 4.90 Å². The van der Waals surface area contributed by atoms with Crippen LogP contribution in [0.25, 0.3) is 0 Å². The average molecular weight is 466 g/mol. The van der Waals surface area contributed by atoms with E-state index in [1.54, 1.807) is 6.92 Å². The van der Waals surface area contributed by atoms with Gasteiger partial charge in [0.2, 0.25) is 5.91 Å². The molecule has 1 N–H and O–H groups in total. The van der Waals surface area contributed by atoms with Crippen LogP contribution < -0.4 is 0 Å². The third kappa shape index (κ3) is 9.26. The number of thioether (sulfide) groups is 1. The number of nitrogens with zero attached hydrogens (tertiary/aromatic N) is 2. The van der Waals surface area contributed by atoms with Crippen molar-refractivity contribution in [3.8, 4) is 0 Å². The minimum absolute atomic E-state index is 0.143. The first-order valence-electron chi connectivity index (χ1n) is 7.91. The molecule has 1 fully saturated rings. The van der Waals surface area contributed by atoms with Crippen molar-refractivity contribution in [1.29, 1.82) is 0 Å². The summed E-state index contributed by atoms with van der Waals surface area (Å²) in [5, 5.41) is 8.01. The molecular formula is C16H17F7N2O2S2. The Morgan fingerprint density at radius 1 is 1.24 bits per heavy atom. The Morgan fingerprint density at radius 3 is 2.28 bits per heavy atom. The van der Waals surface area contributed by atoms with E-state index in [1.165, 1.54) is 12.1 Å². The number of thiol groups is 1. The van der Waals surface area contributed by atoms with Crippen LogP contribution in [0.5, 0.6) is 0 Å². The Hall–Kier alpha value is -1.47. The van der Waals surface area contributed by atoms with Gasteiger partial charge in [0.05, 0.1) is 18.3 Å². The maximum Gasteiger partial charge on any atom is 0.406 e. The molecule has 1 heterocycles. The van der Waals surface area contributed by atoms with Crippen LogP contribution in [0, 0.1) is 12.7 Å². The molecule has 164 valence electrons. The molecule has 1 saturated heterocycles. The molecular weight excluding hydrogens is 449 g/mol. The van der Waals surface area contributed by atoms with E-state index in [4.69, 9.17) is 5.11 Å². The van der Waals surface area contributed by atoms with Gasteiger partial charge in [-0.05, 0) is 31.5 Å². The summed E-state index contributed by atoms with van der Waals surface area (Å²) in [4.78, 5) is 16.3. The van der Waals surface area contributed by atoms with E-state index in [0.717, 1.165) is 18.7 Å².